The van der Waals surface area contributed by atoms with Gasteiger partial charge in [-0.1, -0.05) is 11.6 Å². The molecule has 82 valence electrons. The van der Waals surface area contributed by atoms with Gasteiger partial charge in [-0.3, -0.25) is 4.79 Å². The number of aromatic nitrogens is 2. The van der Waals surface area contributed by atoms with E-state index in [2.05, 4.69) is 9.97 Å². The maximum Gasteiger partial charge on any atom is 0.319 e. The van der Waals surface area contributed by atoms with E-state index in [-0.39, 0.29) is 5.97 Å². The van der Waals surface area contributed by atoms with Crippen molar-refractivity contribution in [3.8, 4) is 0 Å². The van der Waals surface area contributed by atoms with Crippen LogP contribution in [0, 0.1) is 0 Å². The van der Waals surface area contributed by atoms with Crippen LogP contribution in [0.4, 0.5) is 0 Å². The highest BCUT2D eigenvalue weighted by Gasteiger charge is 2.34. The van der Waals surface area contributed by atoms with Gasteiger partial charge in [0.15, 0.2) is 0 Å². The summed E-state index contributed by atoms with van der Waals surface area (Å²) in [5, 5.41) is 0.317. The third-order valence-corrected chi connectivity index (χ3v) is 2.18. The maximum absolute atomic E-state index is 11.6. The summed E-state index contributed by atoms with van der Waals surface area (Å²) in [7, 11) is 0. The lowest BCUT2D eigenvalue weighted by atomic mass is 9.92. The molecule has 15 heavy (non-hydrogen) atoms. The number of hydrogen-bond acceptors (Lipinski definition) is 4. The number of nitrogens with zero attached hydrogens (tertiary/aromatic N) is 2. The van der Waals surface area contributed by atoms with E-state index in [1.165, 1.54) is 6.20 Å². The summed E-state index contributed by atoms with van der Waals surface area (Å²) < 4.78 is 4.94. The molecular formula is C10H13ClN2O2. The average molecular weight is 229 g/mol. The first kappa shape index (κ1) is 11.9. The van der Waals surface area contributed by atoms with Gasteiger partial charge in [0.05, 0.1) is 6.61 Å². The van der Waals surface area contributed by atoms with Crippen LogP contribution in [-0.4, -0.2) is 22.5 Å². The van der Waals surface area contributed by atoms with Gasteiger partial charge in [-0.25, -0.2) is 9.97 Å². The van der Waals surface area contributed by atoms with Gasteiger partial charge in [0.2, 0.25) is 0 Å². The molecule has 0 amide bonds. The van der Waals surface area contributed by atoms with Crippen molar-refractivity contribution in [2.45, 2.75) is 26.2 Å². The molecule has 0 fully saturated rings. The van der Waals surface area contributed by atoms with E-state index in [1.807, 2.05) is 0 Å². The van der Waals surface area contributed by atoms with Crippen molar-refractivity contribution in [1.82, 2.24) is 9.97 Å². The normalized spacial score (nSPS) is 11.2. The molecule has 0 aliphatic heterocycles. The Balaban J connectivity index is 2.99. The van der Waals surface area contributed by atoms with Gasteiger partial charge < -0.3 is 4.74 Å². The molecule has 0 atom stereocenters. The fraction of sp³-hybridized carbons (Fsp3) is 0.500. The van der Waals surface area contributed by atoms with Crippen molar-refractivity contribution >= 4 is 17.6 Å². The maximum atomic E-state index is 11.6. The number of hydrogen-bond donors (Lipinski definition) is 0. The van der Waals surface area contributed by atoms with Crippen LogP contribution in [0.2, 0.25) is 5.15 Å². The highest BCUT2D eigenvalue weighted by atomic mass is 35.5. The largest absolute Gasteiger partial charge is 0.465 e. The van der Waals surface area contributed by atoms with Crippen LogP contribution in [0.25, 0.3) is 0 Å². The Morgan fingerprint density at radius 1 is 1.60 bits per heavy atom. The molecular weight excluding hydrogens is 216 g/mol. The molecule has 0 bridgehead atoms. The van der Waals surface area contributed by atoms with Crippen LogP contribution in [0.3, 0.4) is 0 Å². The highest BCUT2D eigenvalue weighted by Crippen LogP contribution is 2.22. The first-order valence-electron chi connectivity index (χ1n) is 4.64. The van der Waals surface area contributed by atoms with Crippen molar-refractivity contribution < 1.29 is 9.53 Å². The lowest BCUT2D eigenvalue weighted by Crippen LogP contribution is -2.33. The summed E-state index contributed by atoms with van der Waals surface area (Å²) in [6, 6.07) is 1.56. The lowest BCUT2D eigenvalue weighted by Gasteiger charge is -2.20. The monoisotopic (exact) mass is 228 g/mol. The molecule has 0 spiro atoms. The molecule has 0 saturated carbocycles. The zero-order chi connectivity index (χ0) is 11.5. The quantitative estimate of drug-likeness (QED) is 0.586. The zero-order valence-corrected chi connectivity index (χ0v) is 9.71. The van der Waals surface area contributed by atoms with Gasteiger partial charge in [-0.05, 0) is 26.8 Å². The van der Waals surface area contributed by atoms with Crippen molar-refractivity contribution in [2.75, 3.05) is 6.61 Å². The molecule has 1 rings (SSSR count). The molecule has 0 saturated heterocycles. The van der Waals surface area contributed by atoms with Crippen LogP contribution in [0.1, 0.15) is 26.6 Å². The van der Waals surface area contributed by atoms with Gasteiger partial charge in [-0.15, -0.1) is 0 Å². The van der Waals surface area contributed by atoms with Gasteiger partial charge in [0, 0.05) is 6.20 Å². The van der Waals surface area contributed by atoms with Gasteiger partial charge in [0.1, 0.15) is 16.4 Å². The van der Waals surface area contributed by atoms with Gasteiger partial charge in [-0.2, -0.15) is 0 Å². The summed E-state index contributed by atoms with van der Waals surface area (Å²) in [5.41, 5.74) is -0.874. The van der Waals surface area contributed by atoms with Crippen molar-refractivity contribution in [3.63, 3.8) is 0 Å². The molecule has 0 aliphatic rings. The number of halogens is 1. The van der Waals surface area contributed by atoms with E-state index in [9.17, 15) is 4.79 Å². The smallest absolute Gasteiger partial charge is 0.319 e. The predicted octanol–water partition coefficient (Wildman–Crippen LogP) is 1.97. The zero-order valence-electron chi connectivity index (χ0n) is 8.95. The second-order valence-electron chi connectivity index (χ2n) is 3.55. The van der Waals surface area contributed by atoms with E-state index in [0.29, 0.717) is 17.6 Å². The van der Waals surface area contributed by atoms with Crippen LogP contribution < -0.4 is 0 Å². The summed E-state index contributed by atoms with van der Waals surface area (Å²) in [4.78, 5) is 19.7. The number of carbonyl (C=O) groups excluding carboxylic acids is 1. The highest BCUT2D eigenvalue weighted by molar-refractivity contribution is 6.29. The Kier molecular flexibility index (Phi) is 3.63. The van der Waals surface area contributed by atoms with Gasteiger partial charge >= 0.3 is 5.97 Å². The van der Waals surface area contributed by atoms with Crippen molar-refractivity contribution in [1.29, 1.82) is 0 Å². The number of carbonyl (C=O) groups is 1. The Bertz CT molecular complexity index is 366. The van der Waals surface area contributed by atoms with E-state index < -0.39 is 5.41 Å². The predicted molar refractivity (Wildman–Crippen MR) is 56.7 cm³/mol. The molecule has 0 N–H and O–H groups in total. The second-order valence-corrected chi connectivity index (χ2v) is 3.94. The topological polar surface area (TPSA) is 52.1 Å². The minimum absolute atomic E-state index is 0.317. The molecule has 0 radical (unpaired) electrons. The molecule has 5 heteroatoms. The molecule has 0 unspecified atom stereocenters. The molecule has 0 aromatic carbocycles. The van der Waals surface area contributed by atoms with Crippen LogP contribution in [0.15, 0.2) is 12.3 Å². The Morgan fingerprint density at radius 3 is 2.80 bits per heavy atom. The van der Waals surface area contributed by atoms with E-state index in [1.54, 1.807) is 26.8 Å². The van der Waals surface area contributed by atoms with Gasteiger partial charge in [0.25, 0.3) is 0 Å². The molecule has 1 aromatic rings. The standard InChI is InChI=1S/C10H13ClN2O2/c1-4-15-9(14)10(2,3)8-12-6-5-7(11)13-8/h5-6H,4H2,1-3H3. The first-order chi connectivity index (χ1) is 6.98. The molecule has 1 aromatic heterocycles. The van der Waals surface area contributed by atoms with Crippen molar-refractivity contribution in [3.05, 3.63) is 23.2 Å². The molecule has 0 aliphatic carbocycles. The number of ether oxygens (including phenoxy) is 1. The SMILES string of the molecule is CCOC(=O)C(C)(C)c1nccc(Cl)n1. The third-order valence-electron chi connectivity index (χ3n) is 1.97. The van der Waals surface area contributed by atoms with Crippen LogP contribution in [0.5, 0.6) is 0 Å². The first-order valence-corrected chi connectivity index (χ1v) is 5.02. The average Bonchev–Trinajstić information content (AvgIpc) is 2.18. The van der Waals surface area contributed by atoms with E-state index in [0.717, 1.165) is 0 Å². The van der Waals surface area contributed by atoms with E-state index >= 15 is 0 Å². The Hall–Kier alpha value is -1.16. The van der Waals surface area contributed by atoms with Crippen LogP contribution >= 0.6 is 11.6 Å². The molecule has 4 nitrogen and oxygen atoms in total. The fourth-order valence-corrected chi connectivity index (χ4v) is 1.18. The van der Waals surface area contributed by atoms with Crippen LogP contribution in [-0.2, 0) is 14.9 Å². The Labute approximate surface area is 93.6 Å². The number of rotatable bonds is 3. The summed E-state index contributed by atoms with van der Waals surface area (Å²) >= 11 is 5.73. The summed E-state index contributed by atoms with van der Waals surface area (Å²) in [5.74, 6) is 0.0146. The summed E-state index contributed by atoms with van der Waals surface area (Å²) in [6.07, 6.45) is 1.52. The van der Waals surface area contributed by atoms with Crippen molar-refractivity contribution in [2.24, 2.45) is 0 Å². The summed E-state index contributed by atoms with van der Waals surface area (Å²) in [6.45, 7) is 5.50. The number of esters is 1. The minimum atomic E-state index is -0.874. The fourth-order valence-electron chi connectivity index (χ4n) is 1.04. The minimum Gasteiger partial charge on any atom is -0.465 e. The molecule has 1 heterocycles. The lowest BCUT2D eigenvalue weighted by molar-refractivity contribution is -0.149. The third kappa shape index (κ3) is 2.65. The Morgan fingerprint density at radius 2 is 2.27 bits per heavy atom. The second kappa shape index (κ2) is 4.57. The van der Waals surface area contributed by atoms with E-state index in [4.69, 9.17) is 16.3 Å².